The molecule has 0 aliphatic carbocycles. The van der Waals surface area contributed by atoms with E-state index in [1.807, 2.05) is 0 Å². The van der Waals surface area contributed by atoms with Crippen molar-refractivity contribution in [2.45, 2.75) is 0 Å². The molecule has 0 atom stereocenters. The molecule has 0 rings (SSSR count). The Kier molecular flexibility index (Phi) is 17.1. The summed E-state index contributed by atoms with van der Waals surface area (Å²) in [6.07, 6.45) is 0. The average Bonchev–Trinajstić information content (AvgIpc) is 1.12. The van der Waals surface area contributed by atoms with Crippen molar-refractivity contribution >= 4 is 7.82 Å². The van der Waals surface area contributed by atoms with Crippen molar-refractivity contribution < 1.29 is 84.6 Å². The Hall–Kier alpha value is 1.27. The second-order valence-corrected chi connectivity index (χ2v) is 3.05. The third-order valence-electron chi connectivity index (χ3n) is 0. The van der Waals surface area contributed by atoms with Crippen molar-refractivity contribution in [1.29, 1.82) is 0 Å². The van der Waals surface area contributed by atoms with E-state index < -0.39 is 21.2 Å². The first-order chi connectivity index (χ1) is 4.00. The van der Waals surface area contributed by atoms with Gasteiger partial charge in [-0.3, -0.25) is 0 Å². The molecule has 0 saturated heterocycles. The molecule has 0 bridgehead atoms. The SMILES string of the molecule is O=P([O-])([O-])[O-].[Fe+2].[Li+].[O]=[Mn](=[O])([OH])[OH]. The zero-order valence-corrected chi connectivity index (χ0v) is 8.70. The van der Waals surface area contributed by atoms with Crippen molar-refractivity contribution in [1.82, 2.24) is 0 Å². The molecule has 0 aromatic rings. The van der Waals surface area contributed by atoms with Crippen LogP contribution in [0.25, 0.3) is 0 Å². The summed E-state index contributed by atoms with van der Waals surface area (Å²) >= 11 is -5.12. The predicted octanol–water partition coefficient (Wildman–Crippen LogP) is -7.18. The Bertz CT molecular complexity index is 197. The summed E-state index contributed by atoms with van der Waals surface area (Å²) in [5.41, 5.74) is 0. The molecule has 0 aliphatic heterocycles. The molecule has 8 nitrogen and oxygen atoms in total. The van der Waals surface area contributed by atoms with Crippen LogP contribution in [0.2, 0.25) is 0 Å². The summed E-state index contributed by atoms with van der Waals surface area (Å²) in [6.45, 7) is 0. The topological polar surface area (TPSA) is 161 Å². The van der Waals surface area contributed by atoms with Crippen LogP contribution >= 0.6 is 7.82 Å². The first-order valence-corrected chi connectivity index (χ1v) is 4.86. The average molecular weight is 279 g/mol. The molecule has 0 saturated carbocycles. The second kappa shape index (κ2) is 8.85. The molecule has 12 heteroatoms. The van der Waals surface area contributed by atoms with E-state index in [-0.39, 0.29) is 35.9 Å². The second-order valence-electron chi connectivity index (χ2n) is 0.862. The van der Waals surface area contributed by atoms with E-state index in [9.17, 15) is 0 Å². The van der Waals surface area contributed by atoms with Crippen molar-refractivity contribution in [2.24, 2.45) is 0 Å². The molecular weight excluding hydrogens is 277 g/mol. The fraction of sp³-hybridized carbons (Fsp3) is 0. The molecule has 0 aromatic carbocycles. The molecule has 0 radical (unpaired) electrons. The Balaban J connectivity index is -0.0000000457. The van der Waals surface area contributed by atoms with Gasteiger partial charge in [0.1, 0.15) is 0 Å². The minimum atomic E-state index is -5.39. The quantitative estimate of drug-likeness (QED) is 0.326. The van der Waals surface area contributed by atoms with Gasteiger partial charge < -0.3 is 19.2 Å². The van der Waals surface area contributed by atoms with E-state index in [4.69, 9.17) is 35.3 Å². The van der Waals surface area contributed by atoms with Crippen LogP contribution < -0.4 is 33.5 Å². The molecule has 0 heterocycles. The van der Waals surface area contributed by atoms with Gasteiger partial charge in [-0.1, -0.05) is 0 Å². The van der Waals surface area contributed by atoms with E-state index in [2.05, 4.69) is 0 Å². The molecule has 2 N–H and O–H groups in total. The van der Waals surface area contributed by atoms with Crippen LogP contribution in [0, 0.1) is 0 Å². The number of rotatable bonds is 0. The maximum atomic E-state index is 8.80. The summed E-state index contributed by atoms with van der Waals surface area (Å²) in [4.78, 5) is 25.6. The van der Waals surface area contributed by atoms with Crippen molar-refractivity contribution in [3.05, 3.63) is 0 Å². The van der Waals surface area contributed by atoms with E-state index in [1.54, 1.807) is 0 Å². The number of hydrogen-bond donors (Lipinski definition) is 2. The molecule has 12 heavy (non-hydrogen) atoms. The molecule has 0 fully saturated rings. The Labute approximate surface area is 92.2 Å². The molecule has 71 valence electrons. The van der Waals surface area contributed by atoms with E-state index in [0.29, 0.717) is 0 Å². The molecule has 0 spiro atoms. The van der Waals surface area contributed by atoms with Gasteiger partial charge in [0.2, 0.25) is 0 Å². The van der Waals surface area contributed by atoms with Crippen LogP contribution in [0.15, 0.2) is 0 Å². The first-order valence-electron chi connectivity index (χ1n) is 1.38. The zero-order valence-electron chi connectivity index (χ0n) is 5.52. The normalized spacial score (nSPS) is 9.75. The van der Waals surface area contributed by atoms with Crippen LogP contribution in [-0.4, -0.2) is 8.38 Å². The molecular formula is H2FeLiMnO8P. The maximum absolute atomic E-state index is 8.80. The number of hydrogen-bond acceptors (Lipinski definition) is 6. The van der Waals surface area contributed by atoms with Crippen LogP contribution in [0.5, 0.6) is 0 Å². The van der Waals surface area contributed by atoms with Gasteiger partial charge in [-0.2, -0.15) is 7.82 Å². The van der Waals surface area contributed by atoms with Gasteiger partial charge in [0.25, 0.3) is 0 Å². The first kappa shape index (κ1) is 23.2. The molecule has 0 aromatic heterocycles. The van der Waals surface area contributed by atoms with Crippen LogP contribution in [-0.2, 0) is 42.7 Å². The summed E-state index contributed by atoms with van der Waals surface area (Å²) in [7, 11) is -5.39. The van der Waals surface area contributed by atoms with Gasteiger partial charge in [-0.05, 0) is 0 Å². The van der Waals surface area contributed by atoms with E-state index in [0.717, 1.165) is 0 Å². The third kappa shape index (κ3) is 740. The Morgan fingerprint density at radius 1 is 1.08 bits per heavy atom. The van der Waals surface area contributed by atoms with Gasteiger partial charge in [0.05, 0.1) is 0 Å². The minimum absolute atomic E-state index is 0. The van der Waals surface area contributed by atoms with Gasteiger partial charge in [-0.15, -0.1) is 0 Å². The Morgan fingerprint density at radius 3 is 1.08 bits per heavy atom. The van der Waals surface area contributed by atoms with Gasteiger partial charge in [0, 0.05) is 0 Å². The zero-order chi connectivity index (χ0) is 9.00. The monoisotopic (exact) mass is 279 g/mol. The van der Waals surface area contributed by atoms with Crippen molar-refractivity contribution in [3.63, 3.8) is 0 Å². The molecule has 0 aliphatic rings. The molecule has 0 unspecified atom stereocenters. The van der Waals surface area contributed by atoms with Crippen molar-refractivity contribution in [2.75, 3.05) is 0 Å². The standard InChI is InChI=1S/Fe.Li.Mn.H3O4P.2H2O.2O/c;;;1-5(2,3)4;;;;/h;;;(H3,1,2,3,4);2*1H2;;/q+2;+1;+2;;;;;/p-5. The van der Waals surface area contributed by atoms with E-state index in [1.165, 1.54) is 0 Å². The van der Waals surface area contributed by atoms with Crippen LogP contribution in [0.1, 0.15) is 0 Å². The Morgan fingerprint density at radius 2 is 1.08 bits per heavy atom. The van der Waals surface area contributed by atoms with Gasteiger partial charge >= 0.3 is 65.3 Å². The third-order valence-corrected chi connectivity index (χ3v) is 0. The summed E-state index contributed by atoms with van der Waals surface area (Å²) in [5.74, 6) is 0. The van der Waals surface area contributed by atoms with E-state index >= 15 is 0 Å². The van der Waals surface area contributed by atoms with Crippen LogP contribution in [0.4, 0.5) is 0 Å². The van der Waals surface area contributed by atoms with Crippen molar-refractivity contribution in [3.8, 4) is 0 Å². The molecule has 0 amide bonds. The number of phosphoric acid groups is 1. The van der Waals surface area contributed by atoms with Crippen LogP contribution in [0.3, 0.4) is 0 Å². The van der Waals surface area contributed by atoms with Gasteiger partial charge in [-0.25, -0.2) is 0 Å². The van der Waals surface area contributed by atoms with Gasteiger partial charge in [0.15, 0.2) is 0 Å². The summed E-state index contributed by atoms with van der Waals surface area (Å²) < 4.78 is 40.4. The predicted molar refractivity (Wildman–Crippen MR) is 13.4 cm³/mol. The summed E-state index contributed by atoms with van der Waals surface area (Å²) in [5, 5.41) is 0. The fourth-order valence-electron chi connectivity index (χ4n) is 0. The fourth-order valence-corrected chi connectivity index (χ4v) is 0. The summed E-state index contributed by atoms with van der Waals surface area (Å²) in [6, 6.07) is 0.